The quantitative estimate of drug-likeness (QED) is 0.860. The van der Waals surface area contributed by atoms with Gasteiger partial charge in [0.15, 0.2) is 5.75 Å². The van der Waals surface area contributed by atoms with Crippen molar-refractivity contribution in [1.82, 2.24) is 4.90 Å². The van der Waals surface area contributed by atoms with Crippen molar-refractivity contribution in [3.63, 3.8) is 0 Å². The number of benzene rings is 1. The number of piperidine rings is 1. The molecule has 0 atom stereocenters. The van der Waals surface area contributed by atoms with E-state index in [-0.39, 0.29) is 11.8 Å². The van der Waals surface area contributed by atoms with Gasteiger partial charge in [0.1, 0.15) is 0 Å². The van der Waals surface area contributed by atoms with Crippen molar-refractivity contribution < 1.29 is 13.5 Å². The lowest BCUT2D eigenvalue weighted by Gasteiger charge is -2.30. The highest BCUT2D eigenvalue weighted by atomic mass is 79.9. The first-order chi connectivity index (χ1) is 9.45. The summed E-state index contributed by atoms with van der Waals surface area (Å²) >= 11 is 9.19. The van der Waals surface area contributed by atoms with Gasteiger partial charge in [-0.05, 0) is 61.0 Å². The van der Waals surface area contributed by atoms with E-state index in [0.717, 1.165) is 25.9 Å². The molecule has 0 saturated carbocycles. The number of anilines is 1. The Bertz CT molecular complexity index is 468. The summed E-state index contributed by atoms with van der Waals surface area (Å²) in [5, 5.41) is 3.72. The molecule has 1 fully saturated rings. The van der Waals surface area contributed by atoms with Crippen LogP contribution in [0.3, 0.4) is 0 Å². The van der Waals surface area contributed by atoms with Gasteiger partial charge in [-0.25, -0.2) is 0 Å². The lowest BCUT2D eigenvalue weighted by molar-refractivity contribution is -0.0499. The first-order valence-corrected chi connectivity index (χ1v) is 7.51. The van der Waals surface area contributed by atoms with Gasteiger partial charge in [0.2, 0.25) is 0 Å². The second kappa shape index (κ2) is 6.91. The number of alkyl halides is 2. The zero-order chi connectivity index (χ0) is 14.7. The van der Waals surface area contributed by atoms with Crippen LogP contribution < -0.4 is 10.1 Å². The zero-order valence-electron chi connectivity index (χ0n) is 11.0. The maximum Gasteiger partial charge on any atom is 0.387 e. The molecule has 112 valence electrons. The van der Waals surface area contributed by atoms with Crippen LogP contribution in [0, 0.1) is 0 Å². The van der Waals surface area contributed by atoms with Crippen LogP contribution in [0.2, 0.25) is 5.02 Å². The molecule has 0 aliphatic carbocycles. The van der Waals surface area contributed by atoms with E-state index < -0.39 is 6.61 Å². The first kappa shape index (κ1) is 15.8. The molecule has 3 nitrogen and oxygen atoms in total. The van der Waals surface area contributed by atoms with Gasteiger partial charge >= 0.3 is 6.61 Å². The second-order valence-corrected chi connectivity index (χ2v) is 6.16. The molecule has 1 aromatic carbocycles. The first-order valence-electron chi connectivity index (χ1n) is 6.34. The fourth-order valence-electron chi connectivity index (χ4n) is 2.25. The highest BCUT2D eigenvalue weighted by molar-refractivity contribution is 9.10. The molecular weight excluding hydrogens is 354 g/mol. The number of halogens is 4. The van der Waals surface area contributed by atoms with Gasteiger partial charge in [0, 0.05) is 11.1 Å². The Morgan fingerprint density at radius 1 is 1.40 bits per heavy atom. The summed E-state index contributed by atoms with van der Waals surface area (Å²) in [7, 11) is 2.07. The van der Waals surface area contributed by atoms with Crippen molar-refractivity contribution in [2.45, 2.75) is 25.5 Å². The summed E-state index contributed by atoms with van der Waals surface area (Å²) in [5.41, 5.74) is 0.499. The minimum absolute atomic E-state index is 0.100. The molecule has 0 bridgehead atoms. The number of hydrogen-bond donors (Lipinski definition) is 1. The predicted octanol–water partition coefficient (Wildman–Crippen LogP) is 4.21. The second-order valence-electron chi connectivity index (χ2n) is 4.86. The van der Waals surface area contributed by atoms with Crippen LogP contribution >= 0.6 is 27.5 Å². The van der Waals surface area contributed by atoms with E-state index in [9.17, 15) is 8.78 Å². The number of nitrogens with zero attached hydrogens (tertiary/aromatic N) is 1. The molecule has 0 unspecified atom stereocenters. The molecule has 20 heavy (non-hydrogen) atoms. The predicted molar refractivity (Wildman–Crippen MR) is 79.9 cm³/mol. The minimum atomic E-state index is -2.87. The van der Waals surface area contributed by atoms with Crippen molar-refractivity contribution in [2.24, 2.45) is 0 Å². The maximum absolute atomic E-state index is 12.5. The Morgan fingerprint density at radius 3 is 2.65 bits per heavy atom. The molecule has 1 saturated heterocycles. The van der Waals surface area contributed by atoms with Gasteiger partial charge in [0.25, 0.3) is 0 Å². The van der Waals surface area contributed by atoms with E-state index >= 15 is 0 Å². The lowest BCUT2D eigenvalue weighted by Crippen LogP contribution is -2.36. The average molecular weight is 370 g/mol. The highest BCUT2D eigenvalue weighted by Crippen LogP contribution is 2.38. The van der Waals surface area contributed by atoms with E-state index in [1.54, 1.807) is 12.1 Å². The van der Waals surface area contributed by atoms with E-state index in [2.05, 4.69) is 37.9 Å². The summed E-state index contributed by atoms with van der Waals surface area (Å²) in [4.78, 5) is 2.24. The smallest absolute Gasteiger partial charge is 0.387 e. The molecule has 1 aromatic rings. The summed E-state index contributed by atoms with van der Waals surface area (Å²) in [6, 6.07) is 3.39. The Hall–Kier alpha value is -0.590. The Balaban J connectivity index is 2.16. The van der Waals surface area contributed by atoms with Crippen molar-refractivity contribution >= 4 is 33.2 Å². The highest BCUT2D eigenvalue weighted by Gasteiger charge is 2.20. The van der Waals surface area contributed by atoms with Crippen LogP contribution in [-0.4, -0.2) is 37.7 Å². The van der Waals surface area contributed by atoms with Crippen LogP contribution in [0.1, 0.15) is 12.8 Å². The van der Waals surface area contributed by atoms with E-state index in [0.29, 0.717) is 15.2 Å². The third-order valence-corrected chi connectivity index (χ3v) is 4.10. The fraction of sp³-hybridized carbons (Fsp3) is 0.538. The number of ether oxygens (including phenoxy) is 1. The summed E-state index contributed by atoms with van der Waals surface area (Å²) in [6.07, 6.45) is 1.91. The van der Waals surface area contributed by atoms with Gasteiger partial charge in [-0.2, -0.15) is 8.78 Å². The summed E-state index contributed by atoms with van der Waals surface area (Å²) in [5.74, 6) is 0.100. The Kier molecular flexibility index (Phi) is 5.46. The number of rotatable bonds is 4. The van der Waals surface area contributed by atoms with Crippen LogP contribution in [0.4, 0.5) is 14.5 Å². The zero-order valence-corrected chi connectivity index (χ0v) is 13.3. The monoisotopic (exact) mass is 368 g/mol. The molecule has 7 heteroatoms. The van der Waals surface area contributed by atoms with E-state index in [4.69, 9.17) is 11.6 Å². The standard InChI is InChI=1S/C13H16BrClF2N2O/c1-19-4-2-9(3-5-19)18-11-7-8(15)6-10(14)12(11)20-13(16)17/h6-7,9,13,18H,2-5H2,1H3. The van der Waals surface area contributed by atoms with Crippen LogP contribution in [0.25, 0.3) is 0 Å². The van der Waals surface area contributed by atoms with E-state index in [1.165, 1.54) is 0 Å². The fourth-order valence-corrected chi connectivity index (χ4v) is 3.15. The minimum Gasteiger partial charge on any atom is -0.431 e. The van der Waals surface area contributed by atoms with Gasteiger partial charge in [-0.1, -0.05) is 11.6 Å². The van der Waals surface area contributed by atoms with Crippen LogP contribution in [0.15, 0.2) is 16.6 Å². The third kappa shape index (κ3) is 4.20. The van der Waals surface area contributed by atoms with Crippen molar-refractivity contribution in [3.8, 4) is 5.75 Å². The number of nitrogens with one attached hydrogen (secondary N) is 1. The molecular formula is C13H16BrClF2N2O. The van der Waals surface area contributed by atoms with Gasteiger partial charge in [-0.3, -0.25) is 0 Å². The van der Waals surface area contributed by atoms with Gasteiger partial charge in [-0.15, -0.1) is 0 Å². The molecule has 1 aliphatic rings. The SMILES string of the molecule is CN1CCC(Nc2cc(Cl)cc(Br)c2OC(F)F)CC1. The molecule has 1 N–H and O–H groups in total. The maximum atomic E-state index is 12.5. The van der Waals surface area contributed by atoms with E-state index in [1.807, 2.05) is 0 Å². The molecule has 1 aliphatic heterocycles. The van der Waals surface area contributed by atoms with Crippen LogP contribution in [0.5, 0.6) is 5.75 Å². The van der Waals surface area contributed by atoms with Crippen LogP contribution in [-0.2, 0) is 0 Å². The summed E-state index contributed by atoms with van der Waals surface area (Å²) < 4.78 is 30.0. The Morgan fingerprint density at radius 2 is 2.05 bits per heavy atom. The van der Waals surface area contributed by atoms with Crippen molar-refractivity contribution in [3.05, 3.63) is 21.6 Å². The average Bonchev–Trinajstić information content (AvgIpc) is 2.36. The Labute approximate surface area is 130 Å². The lowest BCUT2D eigenvalue weighted by atomic mass is 10.1. The van der Waals surface area contributed by atoms with Crippen molar-refractivity contribution in [1.29, 1.82) is 0 Å². The largest absolute Gasteiger partial charge is 0.431 e. The van der Waals surface area contributed by atoms with Crippen molar-refractivity contribution in [2.75, 3.05) is 25.5 Å². The third-order valence-electron chi connectivity index (χ3n) is 3.29. The number of hydrogen-bond acceptors (Lipinski definition) is 3. The van der Waals surface area contributed by atoms with Gasteiger partial charge in [0.05, 0.1) is 10.2 Å². The molecule has 2 rings (SSSR count). The topological polar surface area (TPSA) is 24.5 Å². The molecule has 0 spiro atoms. The number of likely N-dealkylation sites (tertiary alicyclic amines) is 1. The van der Waals surface area contributed by atoms with Gasteiger partial charge < -0.3 is 15.0 Å². The molecule has 0 radical (unpaired) electrons. The molecule has 0 amide bonds. The molecule has 1 heterocycles. The normalized spacial score (nSPS) is 17.5. The molecule has 0 aromatic heterocycles. The summed E-state index contributed by atoms with van der Waals surface area (Å²) in [6.45, 7) is -0.917.